The fourth-order valence-electron chi connectivity index (χ4n) is 2.82. The first-order chi connectivity index (χ1) is 12.1. The van der Waals surface area contributed by atoms with Gasteiger partial charge in [0.25, 0.3) is 0 Å². The summed E-state index contributed by atoms with van der Waals surface area (Å²) in [5.41, 5.74) is 0.565. The van der Waals surface area contributed by atoms with E-state index in [1.54, 1.807) is 31.6 Å². The zero-order valence-electron chi connectivity index (χ0n) is 14.9. The van der Waals surface area contributed by atoms with E-state index in [1.165, 1.54) is 0 Å². The van der Waals surface area contributed by atoms with Crippen molar-refractivity contribution in [2.75, 3.05) is 33.3 Å². The van der Waals surface area contributed by atoms with E-state index in [0.717, 1.165) is 18.8 Å². The lowest BCUT2D eigenvalue weighted by Gasteiger charge is -2.28. The Labute approximate surface area is 153 Å². The van der Waals surface area contributed by atoms with Crippen molar-refractivity contribution in [1.29, 1.82) is 0 Å². The Bertz CT molecular complexity index is 669. The molecule has 0 saturated heterocycles. The van der Waals surface area contributed by atoms with Gasteiger partial charge in [-0.05, 0) is 43.4 Å². The number of carbonyl (C=O) groups excluding carboxylic acids is 1. The molecule has 1 atom stereocenters. The molecule has 1 aromatic carbocycles. The first-order valence-corrected chi connectivity index (χ1v) is 8.83. The number of furan rings is 1. The Morgan fingerprint density at radius 3 is 2.64 bits per heavy atom. The van der Waals surface area contributed by atoms with Crippen LogP contribution in [-0.2, 0) is 0 Å². The van der Waals surface area contributed by atoms with Gasteiger partial charge in [0.2, 0.25) is 0 Å². The van der Waals surface area contributed by atoms with E-state index in [4.69, 9.17) is 20.8 Å². The van der Waals surface area contributed by atoms with E-state index in [9.17, 15) is 4.79 Å². The summed E-state index contributed by atoms with van der Waals surface area (Å²) in [4.78, 5) is 14.7. The third kappa shape index (κ3) is 5.08. The van der Waals surface area contributed by atoms with Crippen LogP contribution < -0.4 is 10.1 Å². The molecular formula is C19H25ClN2O3. The molecular weight excluding hydrogens is 340 g/mol. The first kappa shape index (κ1) is 19.5. The Kier molecular flexibility index (Phi) is 7.50. The number of Topliss-reactive ketones (excluding diaryl/α,β-unsaturated/α-hetero) is 1. The Balaban J connectivity index is 1.97. The molecule has 0 aliphatic carbocycles. The van der Waals surface area contributed by atoms with Gasteiger partial charge in [-0.3, -0.25) is 9.69 Å². The monoisotopic (exact) mass is 364 g/mol. The third-order valence-corrected chi connectivity index (χ3v) is 4.52. The molecule has 0 aliphatic heterocycles. The van der Waals surface area contributed by atoms with Gasteiger partial charge in [-0.2, -0.15) is 0 Å². The molecule has 6 heteroatoms. The number of methoxy groups -OCH3 is 1. The summed E-state index contributed by atoms with van der Waals surface area (Å²) < 4.78 is 10.7. The maximum atomic E-state index is 12.4. The second-order valence-electron chi connectivity index (χ2n) is 5.66. The van der Waals surface area contributed by atoms with Crippen molar-refractivity contribution >= 4 is 17.4 Å². The number of hydrogen-bond donors (Lipinski definition) is 1. The highest BCUT2D eigenvalue weighted by molar-refractivity contribution is 6.32. The quantitative estimate of drug-likeness (QED) is 0.650. The molecule has 5 nitrogen and oxygen atoms in total. The van der Waals surface area contributed by atoms with Crippen LogP contribution in [0.2, 0.25) is 5.02 Å². The number of halogens is 1. The van der Waals surface area contributed by atoms with Gasteiger partial charge < -0.3 is 14.5 Å². The number of hydrogen-bond acceptors (Lipinski definition) is 5. The number of benzene rings is 1. The predicted octanol–water partition coefficient (Wildman–Crippen LogP) is 3.80. The van der Waals surface area contributed by atoms with Gasteiger partial charge in [0.1, 0.15) is 11.5 Å². The normalized spacial score (nSPS) is 12.4. The van der Waals surface area contributed by atoms with E-state index in [-0.39, 0.29) is 18.4 Å². The second-order valence-corrected chi connectivity index (χ2v) is 6.06. The molecule has 0 radical (unpaired) electrons. The molecule has 0 fully saturated rings. The number of rotatable bonds is 10. The average Bonchev–Trinajstić information content (AvgIpc) is 3.15. The van der Waals surface area contributed by atoms with Crippen LogP contribution in [0.25, 0.3) is 0 Å². The van der Waals surface area contributed by atoms with Gasteiger partial charge >= 0.3 is 0 Å². The number of nitrogens with zero attached hydrogens (tertiary/aromatic N) is 1. The summed E-state index contributed by atoms with van der Waals surface area (Å²) in [5, 5.41) is 3.68. The van der Waals surface area contributed by atoms with E-state index in [1.807, 2.05) is 12.1 Å². The van der Waals surface area contributed by atoms with Gasteiger partial charge in [0.05, 0.1) is 31.0 Å². The number of ether oxygens (including phenoxy) is 1. The van der Waals surface area contributed by atoms with Crippen molar-refractivity contribution in [1.82, 2.24) is 10.2 Å². The highest BCUT2D eigenvalue weighted by Gasteiger charge is 2.20. The molecule has 136 valence electrons. The topological polar surface area (TPSA) is 54.7 Å². The average molecular weight is 365 g/mol. The minimum atomic E-state index is -0.0118. The Morgan fingerprint density at radius 2 is 2.08 bits per heavy atom. The molecule has 0 amide bonds. The highest BCUT2D eigenvalue weighted by atomic mass is 35.5. The lowest BCUT2D eigenvalue weighted by Crippen LogP contribution is -2.37. The summed E-state index contributed by atoms with van der Waals surface area (Å²) in [6.45, 7) is 6.91. The van der Waals surface area contributed by atoms with Gasteiger partial charge in [-0.15, -0.1) is 0 Å². The minimum Gasteiger partial charge on any atom is -0.495 e. The Morgan fingerprint density at radius 1 is 1.32 bits per heavy atom. The number of ketones is 1. The van der Waals surface area contributed by atoms with Crippen LogP contribution in [0.5, 0.6) is 5.75 Å². The van der Waals surface area contributed by atoms with Crippen LogP contribution in [0.3, 0.4) is 0 Å². The predicted molar refractivity (Wildman–Crippen MR) is 99.6 cm³/mol. The van der Waals surface area contributed by atoms with Gasteiger partial charge in [-0.25, -0.2) is 0 Å². The second kappa shape index (κ2) is 9.61. The summed E-state index contributed by atoms with van der Waals surface area (Å²) >= 11 is 6.09. The van der Waals surface area contributed by atoms with Crippen molar-refractivity contribution in [3.8, 4) is 5.75 Å². The maximum Gasteiger partial charge on any atom is 0.176 e. The summed E-state index contributed by atoms with van der Waals surface area (Å²) in [7, 11) is 1.55. The van der Waals surface area contributed by atoms with Crippen molar-refractivity contribution < 1.29 is 13.9 Å². The van der Waals surface area contributed by atoms with Crippen LogP contribution in [0.15, 0.2) is 41.0 Å². The molecule has 1 aromatic heterocycles. The number of nitrogens with one attached hydrogen (secondary N) is 1. The van der Waals surface area contributed by atoms with Crippen molar-refractivity contribution in [2.45, 2.75) is 19.9 Å². The SMILES string of the molecule is CCN(CC)C(CNCC(=O)c1ccc(OC)c(Cl)c1)c1ccco1. The summed E-state index contributed by atoms with van der Waals surface area (Å²) in [5.74, 6) is 1.45. The minimum absolute atomic E-state index is 0.0118. The van der Waals surface area contributed by atoms with E-state index < -0.39 is 0 Å². The van der Waals surface area contributed by atoms with E-state index in [0.29, 0.717) is 22.9 Å². The van der Waals surface area contributed by atoms with Crippen LogP contribution in [-0.4, -0.2) is 44.0 Å². The van der Waals surface area contributed by atoms with Crippen molar-refractivity contribution in [2.24, 2.45) is 0 Å². The van der Waals surface area contributed by atoms with Crippen LogP contribution >= 0.6 is 11.6 Å². The zero-order chi connectivity index (χ0) is 18.2. The first-order valence-electron chi connectivity index (χ1n) is 8.45. The molecule has 0 aliphatic rings. The van der Waals surface area contributed by atoms with Gasteiger partial charge in [-0.1, -0.05) is 25.4 Å². The standard InChI is InChI=1S/C19H25ClN2O3/c1-4-22(5-2)16(19-7-6-10-25-19)12-21-13-17(23)14-8-9-18(24-3)15(20)11-14/h6-11,16,21H,4-5,12-13H2,1-3H3. The summed E-state index contributed by atoms with van der Waals surface area (Å²) in [6, 6.07) is 9.02. The van der Waals surface area contributed by atoms with E-state index in [2.05, 4.69) is 24.1 Å². The van der Waals surface area contributed by atoms with Crippen molar-refractivity contribution in [3.05, 3.63) is 52.9 Å². The van der Waals surface area contributed by atoms with Gasteiger partial charge in [0.15, 0.2) is 5.78 Å². The molecule has 1 N–H and O–H groups in total. The molecule has 1 heterocycles. The van der Waals surface area contributed by atoms with Crippen LogP contribution in [0.1, 0.15) is 36.0 Å². The largest absolute Gasteiger partial charge is 0.495 e. The fourth-order valence-corrected chi connectivity index (χ4v) is 3.08. The molecule has 2 rings (SSSR count). The van der Waals surface area contributed by atoms with E-state index >= 15 is 0 Å². The number of likely N-dealkylation sites (N-methyl/N-ethyl adjacent to an activating group) is 1. The number of carbonyl (C=O) groups is 1. The maximum absolute atomic E-state index is 12.4. The van der Waals surface area contributed by atoms with Crippen LogP contribution in [0, 0.1) is 0 Å². The Hall–Kier alpha value is -1.82. The summed E-state index contributed by atoms with van der Waals surface area (Å²) in [6.07, 6.45) is 1.68. The van der Waals surface area contributed by atoms with Gasteiger partial charge in [0, 0.05) is 12.1 Å². The molecule has 0 spiro atoms. The lowest BCUT2D eigenvalue weighted by molar-refractivity contribution is 0.0985. The molecule has 1 unspecified atom stereocenters. The molecule has 2 aromatic rings. The highest BCUT2D eigenvalue weighted by Crippen LogP contribution is 2.25. The molecule has 0 bridgehead atoms. The smallest absolute Gasteiger partial charge is 0.176 e. The lowest BCUT2D eigenvalue weighted by atomic mass is 10.1. The zero-order valence-corrected chi connectivity index (χ0v) is 15.7. The van der Waals surface area contributed by atoms with Crippen molar-refractivity contribution in [3.63, 3.8) is 0 Å². The fraction of sp³-hybridized carbons (Fsp3) is 0.421. The molecule has 25 heavy (non-hydrogen) atoms. The molecule has 0 saturated carbocycles. The third-order valence-electron chi connectivity index (χ3n) is 4.22. The van der Waals surface area contributed by atoms with Crippen LogP contribution in [0.4, 0.5) is 0 Å².